The highest BCUT2D eigenvalue weighted by atomic mass is 35.5. The summed E-state index contributed by atoms with van der Waals surface area (Å²) < 4.78 is 44.9. The van der Waals surface area contributed by atoms with Gasteiger partial charge in [0.25, 0.3) is 5.91 Å². The zero-order valence-electron chi connectivity index (χ0n) is 16.6. The van der Waals surface area contributed by atoms with Crippen molar-refractivity contribution in [2.24, 2.45) is 0 Å². The molecule has 10 heteroatoms. The smallest absolute Gasteiger partial charge is 0.324 e. The highest BCUT2D eigenvalue weighted by Gasteiger charge is 2.27. The van der Waals surface area contributed by atoms with Crippen molar-refractivity contribution in [2.45, 2.75) is 43.9 Å². The maximum atomic E-state index is 13.0. The topological polar surface area (TPSA) is 102 Å². The number of ether oxygens (including phenoxy) is 1. The van der Waals surface area contributed by atoms with E-state index in [0.29, 0.717) is 10.6 Å². The average molecular weight is 457 g/mol. The summed E-state index contributed by atoms with van der Waals surface area (Å²) >= 11 is 5.74. The van der Waals surface area contributed by atoms with Gasteiger partial charge in [-0.3, -0.25) is 9.59 Å². The van der Waals surface area contributed by atoms with Crippen LogP contribution in [0.1, 0.15) is 32.4 Å². The van der Waals surface area contributed by atoms with Crippen LogP contribution in [0.25, 0.3) is 0 Å². The van der Waals surface area contributed by atoms with Crippen LogP contribution in [0, 0.1) is 5.82 Å². The second kappa shape index (κ2) is 10.0. The number of nitrogens with one attached hydrogen (secondary N) is 2. The van der Waals surface area contributed by atoms with Gasteiger partial charge < -0.3 is 10.1 Å². The molecule has 0 bridgehead atoms. The molecule has 2 aromatic carbocycles. The normalized spacial score (nSPS) is 14.4. The Morgan fingerprint density at radius 1 is 1.00 bits per heavy atom. The average Bonchev–Trinajstić information content (AvgIpc) is 2.68. The van der Waals surface area contributed by atoms with Gasteiger partial charge >= 0.3 is 5.97 Å². The third kappa shape index (κ3) is 6.51. The molecular formula is C20H22ClFN2O5S. The molecule has 1 amide bonds. The molecule has 30 heavy (non-hydrogen) atoms. The molecule has 0 aliphatic carbocycles. The van der Waals surface area contributed by atoms with Gasteiger partial charge in [0, 0.05) is 5.02 Å². The van der Waals surface area contributed by atoms with Crippen LogP contribution in [0.2, 0.25) is 5.02 Å². The molecule has 0 radical (unpaired) electrons. The Bertz CT molecular complexity index is 997. The maximum absolute atomic E-state index is 13.0. The fourth-order valence-corrected chi connectivity index (χ4v) is 3.78. The van der Waals surface area contributed by atoms with E-state index in [1.54, 1.807) is 6.92 Å². The minimum absolute atomic E-state index is 0.0644. The minimum Gasteiger partial charge on any atom is -0.451 e. The number of halogens is 2. The summed E-state index contributed by atoms with van der Waals surface area (Å²) in [5.74, 6) is -1.88. The standard InChI is InChI=1S/C20H22ClFN2O5S/c1-12(15-4-8-17(22)9-5-15)23-19(25)14(3)29-20(26)13(2)24-30(27,28)18-10-6-16(21)7-11-18/h4-14,24H,1-3H3,(H,23,25). The summed E-state index contributed by atoms with van der Waals surface area (Å²) in [7, 11) is -3.98. The molecule has 0 aliphatic rings. The number of carbonyl (C=O) groups excluding carboxylic acids is 2. The van der Waals surface area contributed by atoms with Crippen molar-refractivity contribution < 1.29 is 27.1 Å². The molecule has 7 nitrogen and oxygen atoms in total. The first-order valence-corrected chi connectivity index (χ1v) is 10.9. The predicted octanol–water partition coefficient (Wildman–Crippen LogP) is 2.96. The number of amides is 1. The molecule has 2 rings (SSSR count). The Morgan fingerprint density at radius 3 is 2.13 bits per heavy atom. The van der Waals surface area contributed by atoms with Crippen molar-refractivity contribution in [2.75, 3.05) is 0 Å². The number of sulfonamides is 1. The van der Waals surface area contributed by atoms with E-state index in [4.69, 9.17) is 16.3 Å². The van der Waals surface area contributed by atoms with Crippen molar-refractivity contribution in [3.05, 3.63) is 64.9 Å². The molecule has 3 atom stereocenters. The van der Waals surface area contributed by atoms with E-state index in [0.717, 1.165) is 0 Å². The molecule has 0 fully saturated rings. The first kappa shape index (κ1) is 23.8. The lowest BCUT2D eigenvalue weighted by Crippen LogP contribution is -2.43. The van der Waals surface area contributed by atoms with E-state index >= 15 is 0 Å². The van der Waals surface area contributed by atoms with Crippen LogP contribution in [0.5, 0.6) is 0 Å². The van der Waals surface area contributed by atoms with Gasteiger partial charge in [0.15, 0.2) is 6.10 Å². The number of benzene rings is 2. The summed E-state index contributed by atoms with van der Waals surface area (Å²) in [6.07, 6.45) is -1.16. The second-order valence-electron chi connectivity index (χ2n) is 6.66. The number of hydrogen-bond acceptors (Lipinski definition) is 5. The molecule has 0 heterocycles. The SMILES string of the molecule is CC(NS(=O)(=O)c1ccc(Cl)cc1)C(=O)OC(C)C(=O)NC(C)c1ccc(F)cc1. The van der Waals surface area contributed by atoms with E-state index in [1.807, 2.05) is 0 Å². The lowest BCUT2D eigenvalue weighted by Gasteiger charge is -2.20. The summed E-state index contributed by atoms with van der Waals surface area (Å²) in [5, 5.41) is 3.02. The first-order valence-electron chi connectivity index (χ1n) is 9.04. The summed E-state index contributed by atoms with van der Waals surface area (Å²) in [6, 6.07) is 9.36. The first-order chi connectivity index (χ1) is 14.0. The Labute approximate surface area is 179 Å². The van der Waals surface area contributed by atoms with Crippen molar-refractivity contribution >= 4 is 33.5 Å². The third-order valence-electron chi connectivity index (χ3n) is 4.20. The Balaban J connectivity index is 1.92. The van der Waals surface area contributed by atoms with Gasteiger partial charge in [-0.25, -0.2) is 12.8 Å². The molecule has 0 saturated carbocycles. The van der Waals surface area contributed by atoms with E-state index in [-0.39, 0.29) is 4.90 Å². The summed E-state index contributed by atoms with van der Waals surface area (Å²) in [4.78, 5) is 24.4. The van der Waals surface area contributed by atoms with Gasteiger partial charge in [0.1, 0.15) is 11.9 Å². The van der Waals surface area contributed by atoms with E-state index in [9.17, 15) is 22.4 Å². The molecule has 2 aromatic rings. The molecule has 3 unspecified atom stereocenters. The lowest BCUT2D eigenvalue weighted by molar-refractivity contribution is -0.156. The van der Waals surface area contributed by atoms with E-state index in [1.165, 1.54) is 62.4 Å². The van der Waals surface area contributed by atoms with E-state index < -0.39 is 45.9 Å². The quantitative estimate of drug-likeness (QED) is 0.595. The number of carbonyl (C=O) groups is 2. The zero-order valence-corrected chi connectivity index (χ0v) is 18.1. The predicted molar refractivity (Wildman–Crippen MR) is 110 cm³/mol. The van der Waals surface area contributed by atoms with Crippen molar-refractivity contribution in [1.29, 1.82) is 0 Å². The van der Waals surface area contributed by atoms with Gasteiger partial charge in [-0.2, -0.15) is 4.72 Å². The Hall–Kier alpha value is -2.49. The van der Waals surface area contributed by atoms with Crippen LogP contribution in [-0.2, 0) is 24.3 Å². The van der Waals surface area contributed by atoms with Crippen LogP contribution in [0.15, 0.2) is 53.4 Å². The Morgan fingerprint density at radius 2 is 1.57 bits per heavy atom. The lowest BCUT2D eigenvalue weighted by atomic mass is 10.1. The molecule has 0 saturated heterocycles. The Kier molecular flexibility index (Phi) is 7.94. The third-order valence-corrected chi connectivity index (χ3v) is 6.01. The maximum Gasteiger partial charge on any atom is 0.324 e. The zero-order chi connectivity index (χ0) is 22.5. The minimum atomic E-state index is -3.98. The molecule has 0 aromatic heterocycles. The monoisotopic (exact) mass is 456 g/mol. The van der Waals surface area contributed by atoms with Crippen LogP contribution in [-0.4, -0.2) is 32.4 Å². The summed E-state index contributed by atoms with van der Waals surface area (Å²) in [6.45, 7) is 4.37. The second-order valence-corrected chi connectivity index (χ2v) is 8.81. The summed E-state index contributed by atoms with van der Waals surface area (Å²) in [5.41, 5.74) is 0.673. The number of hydrogen-bond donors (Lipinski definition) is 2. The molecule has 0 spiro atoms. The van der Waals surface area contributed by atoms with Crippen molar-refractivity contribution in [3.8, 4) is 0 Å². The van der Waals surface area contributed by atoms with Gasteiger partial charge in [-0.05, 0) is 62.7 Å². The fourth-order valence-electron chi connectivity index (χ4n) is 2.46. The van der Waals surface area contributed by atoms with Crippen LogP contribution in [0.3, 0.4) is 0 Å². The fraction of sp³-hybridized carbons (Fsp3) is 0.300. The van der Waals surface area contributed by atoms with Crippen molar-refractivity contribution in [3.63, 3.8) is 0 Å². The molecule has 0 aliphatic heterocycles. The van der Waals surface area contributed by atoms with Crippen LogP contribution in [0.4, 0.5) is 4.39 Å². The highest BCUT2D eigenvalue weighted by molar-refractivity contribution is 7.89. The number of rotatable bonds is 8. The van der Waals surface area contributed by atoms with E-state index in [2.05, 4.69) is 10.0 Å². The van der Waals surface area contributed by atoms with Gasteiger partial charge in [0.2, 0.25) is 10.0 Å². The largest absolute Gasteiger partial charge is 0.451 e. The molecule has 162 valence electrons. The van der Waals surface area contributed by atoms with Gasteiger partial charge in [-0.15, -0.1) is 0 Å². The van der Waals surface area contributed by atoms with Crippen LogP contribution >= 0.6 is 11.6 Å². The molecule has 2 N–H and O–H groups in total. The molecular weight excluding hydrogens is 435 g/mol. The highest BCUT2D eigenvalue weighted by Crippen LogP contribution is 2.15. The van der Waals surface area contributed by atoms with Crippen LogP contribution < -0.4 is 10.0 Å². The van der Waals surface area contributed by atoms with Gasteiger partial charge in [-0.1, -0.05) is 23.7 Å². The van der Waals surface area contributed by atoms with Crippen molar-refractivity contribution in [1.82, 2.24) is 10.0 Å². The number of esters is 1. The van der Waals surface area contributed by atoms with Gasteiger partial charge in [0.05, 0.1) is 10.9 Å².